The van der Waals surface area contributed by atoms with Crippen molar-refractivity contribution >= 4 is 28.1 Å². The van der Waals surface area contributed by atoms with Crippen LogP contribution in [-0.2, 0) is 0 Å². The van der Waals surface area contributed by atoms with Crippen molar-refractivity contribution in [1.82, 2.24) is 4.57 Å². The normalized spacial score (nSPS) is 10.3. The summed E-state index contributed by atoms with van der Waals surface area (Å²) in [5.41, 5.74) is 8.31. The van der Waals surface area contributed by atoms with Crippen molar-refractivity contribution in [2.75, 3.05) is 0 Å². The fraction of sp³-hybridized carbons (Fsp3) is 0.111. The zero-order valence-electron chi connectivity index (χ0n) is 17.5. The van der Waals surface area contributed by atoms with E-state index in [2.05, 4.69) is 103 Å². The zero-order valence-corrected chi connectivity index (χ0v) is 19.0. The third-order valence-electron chi connectivity index (χ3n) is 4.68. The van der Waals surface area contributed by atoms with Crippen LogP contribution in [0.5, 0.6) is 0 Å². The maximum atomic E-state index is 4.02. The molecular weight excluding hydrogens is 418 g/mol. The monoisotopic (exact) mass is 445 g/mol. The Morgan fingerprint density at radius 2 is 1.48 bits per heavy atom. The standard InChI is InChI=1S/C24H22BrN.C3H6/c1-5-7-11-24-18(4)17(3)23(6-2)26(24)22-14-12-19(13-15-22)20-9-8-10-21(25)16-20;1-3-2/h5-16H,1-2H2,3-4H3;3H,1H2,2H3/b11-7-;. The van der Waals surface area contributed by atoms with Crippen LogP contribution in [0.3, 0.4) is 0 Å². The molecule has 0 bridgehead atoms. The van der Waals surface area contributed by atoms with Gasteiger partial charge in [-0.3, -0.25) is 0 Å². The van der Waals surface area contributed by atoms with E-state index in [-0.39, 0.29) is 0 Å². The summed E-state index contributed by atoms with van der Waals surface area (Å²) in [5, 5.41) is 0. The van der Waals surface area contributed by atoms with Crippen LogP contribution < -0.4 is 0 Å². The summed E-state index contributed by atoms with van der Waals surface area (Å²) < 4.78 is 3.34. The Kier molecular flexibility index (Phi) is 8.23. The average Bonchev–Trinajstić information content (AvgIpc) is 2.97. The molecule has 0 saturated carbocycles. The lowest BCUT2D eigenvalue weighted by Gasteiger charge is -2.12. The molecule has 0 saturated heterocycles. The molecule has 2 aromatic carbocycles. The van der Waals surface area contributed by atoms with Gasteiger partial charge in [0.1, 0.15) is 0 Å². The third-order valence-corrected chi connectivity index (χ3v) is 5.17. The quantitative estimate of drug-likeness (QED) is 0.273. The van der Waals surface area contributed by atoms with E-state index in [0.29, 0.717) is 0 Å². The van der Waals surface area contributed by atoms with Crippen LogP contribution in [0.1, 0.15) is 29.4 Å². The molecule has 0 N–H and O–H groups in total. The fourth-order valence-electron chi connectivity index (χ4n) is 3.20. The summed E-state index contributed by atoms with van der Waals surface area (Å²) >= 11 is 3.54. The molecular formula is C27H28BrN. The highest BCUT2D eigenvalue weighted by atomic mass is 79.9. The molecule has 2 heteroatoms. The number of hydrogen-bond acceptors (Lipinski definition) is 0. The largest absolute Gasteiger partial charge is 0.310 e. The van der Waals surface area contributed by atoms with E-state index in [1.807, 2.05) is 25.1 Å². The molecule has 1 aromatic heterocycles. The van der Waals surface area contributed by atoms with Gasteiger partial charge >= 0.3 is 0 Å². The Morgan fingerprint density at radius 3 is 2.03 bits per heavy atom. The minimum Gasteiger partial charge on any atom is -0.310 e. The maximum absolute atomic E-state index is 4.02. The van der Waals surface area contributed by atoms with Crippen LogP contribution in [0.15, 0.2) is 91.0 Å². The predicted molar refractivity (Wildman–Crippen MR) is 134 cm³/mol. The fourth-order valence-corrected chi connectivity index (χ4v) is 3.60. The highest BCUT2D eigenvalue weighted by Crippen LogP contribution is 2.30. The van der Waals surface area contributed by atoms with E-state index in [9.17, 15) is 0 Å². The van der Waals surface area contributed by atoms with Crippen molar-refractivity contribution in [2.45, 2.75) is 20.8 Å². The summed E-state index contributed by atoms with van der Waals surface area (Å²) in [6.45, 7) is 17.3. The van der Waals surface area contributed by atoms with Gasteiger partial charge < -0.3 is 4.57 Å². The van der Waals surface area contributed by atoms with Crippen LogP contribution in [0.2, 0.25) is 0 Å². The van der Waals surface area contributed by atoms with Gasteiger partial charge in [-0.2, -0.15) is 0 Å². The van der Waals surface area contributed by atoms with Crippen LogP contribution in [0.4, 0.5) is 0 Å². The van der Waals surface area contributed by atoms with E-state index < -0.39 is 0 Å². The van der Waals surface area contributed by atoms with Gasteiger partial charge in [-0.15, -0.1) is 6.58 Å². The molecule has 0 radical (unpaired) electrons. The SMILES string of the molecule is C=C/C=C\c1c(C)c(C)c(C=C)n1-c1ccc(-c2cccc(Br)c2)cc1.C=CC. The Hall–Kier alpha value is -2.84. The van der Waals surface area contributed by atoms with E-state index in [4.69, 9.17) is 0 Å². The molecule has 29 heavy (non-hydrogen) atoms. The number of allylic oxidation sites excluding steroid dienone is 3. The molecule has 0 fully saturated rings. The van der Waals surface area contributed by atoms with Gasteiger partial charge in [0.2, 0.25) is 0 Å². The third kappa shape index (κ3) is 5.16. The lowest BCUT2D eigenvalue weighted by atomic mass is 10.1. The molecule has 0 spiro atoms. The van der Waals surface area contributed by atoms with Gasteiger partial charge in [0.05, 0.1) is 0 Å². The Labute approximate surface area is 183 Å². The van der Waals surface area contributed by atoms with Crippen molar-refractivity contribution in [2.24, 2.45) is 0 Å². The summed E-state index contributed by atoms with van der Waals surface area (Å²) in [6.07, 6.45) is 9.55. The van der Waals surface area contributed by atoms with Crippen molar-refractivity contribution in [3.8, 4) is 16.8 Å². The molecule has 0 unspecified atom stereocenters. The lowest BCUT2D eigenvalue weighted by Crippen LogP contribution is -1.99. The van der Waals surface area contributed by atoms with Crippen LogP contribution in [0, 0.1) is 13.8 Å². The molecule has 3 aromatic rings. The molecule has 0 aliphatic carbocycles. The molecule has 0 aliphatic rings. The predicted octanol–water partition coefficient (Wildman–Crippen LogP) is 8.56. The van der Waals surface area contributed by atoms with E-state index >= 15 is 0 Å². The first-order chi connectivity index (χ1) is 14.0. The Bertz CT molecular complexity index is 1030. The Morgan fingerprint density at radius 1 is 0.862 bits per heavy atom. The van der Waals surface area contributed by atoms with Crippen LogP contribution in [0.25, 0.3) is 29.0 Å². The minimum atomic E-state index is 1.08. The number of hydrogen-bond donors (Lipinski definition) is 0. The smallest absolute Gasteiger partial charge is 0.0494 e. The molecule has 1 heterocycles. The van der Waals surface area contributed by atoms with Gasteiger partial charge in [-0.1, -0.05) is 71.6 Å². The molecule has 0 aliphatic heterocycles. The van der Waals surface area contributed by atoms with Crippen molar-refractivity contribution < 1.29 is 0 Å². The highest BCUT2D eigenvalue weighted by molar-refractivity contribution is 9.10. The molecule has 3 rings (SSSR count). The summed E-state index contributed by atoms with van der Waals surface area (Å²) in [7, 11) is 0. The second-order valence-electron chi connectivity index (χ2n) is 6.62. The van der Waals surface area contributed by atoms with Crippen molar-refractivity contribution in [3.63, 3.8) is 0 Å². The molecule has 0 amide bonds. The van der Waals surface area contributed by atoms with E-state index in [0.717, 1.165) is 21.5 Å². The minimum absolute atomic E-state index is 1.08. The zero-order chi connectivity index (χ0) is 21.4. The second kappa shape index (κ2) is 10.6. The number of aromatic nitrogens is 1. The number of halogens is 1. The second-order valence-corrected chi connectivity index (χ2v) is 7.54. The number of rotatable bonds is 5. The average molecular weight is 446 g/mol. The van der Waals surface area contributed by atoms with Gasteiger partial charge in [-0.25, -0.2) is 0 Å². The number of nitrogens with zero attached hydrogens (tertiary/aromatic N) is 1. The highest BCUT2D eigenvalue weighted by Gasteiger charge is 2.15. The Balaban J connectivity index is 0.000000941. The first kappa shape index (κ1) is 22.4. The first-order valence-corrected chi connectivity index (χ1v) is 10.3. The summed E-state index contributed by atoms with van der Waals surface area (Å²) in [6, 6.07) is 17.0. The topological polar surface area (TPSA) is 4.93 Å². The summed E-state index contributed by atoms with van der Waals surface area (Å²) in [4.78, 5) is 0. The lowest BCUT2D eigenvalue weighted by molar-refractivity contribution is 1.04. The van der Waals surface area contributed by atoms with Crippen molar-refractivity contribution in [1.29, 1.82) is 0 Å². The van der Waals surface area contributed by atoms with Gasteiger partial charge in [0.25, 0.3) is 0 Å². The van der Waals surface area contributed by atoms with Gasteiger partial charge in [-0.05, 0) is 79.4 Å². The summed E-state index contributed by atoms with van der Waals surface area (Å²) in [5.74, 6) is 0. The molecule has 148 valence electrons. The first-order valence-electron chi connectivity index (χ1n) is 9.55. The molecule has 1 nitrogen and oxygen atoms in total. The van der Waals surface area contributed by atoms with Gasteiger partial charge in [0, 0.05) is 21.5 Å². The maximum Gasteiger partial charge on any atom is 0.0494 e. The van der Waals surface area contributed by atoms with Crippen molar-refractivity contribution in [3.05, 3.63) is 113 Å². The molecule has 0 atom stereocenters. The van der Waals surface area contributed by atoms with E-state index in [1.165, 1.54) is 22.3 Å². The van der Waals surface area contributed by atoms with Crippen LogP contribution in [-0.4, -0.2) is 4.57 Å². The van der Waals surface area contributed by atoms with Gasteiger partial charge in [0.15, 0.2) is 0 Å². The van der Waals surface area contributed by atoms with Crippen LogP contribution >= 0.6 is 15.9 Å². The number of benzene rings is 2. The van der Waals surface area contributed by atoms with E-state index in [1.54, 1.807) is 12.2 Å².